The topological polar surface area (TPSA) is 48.0 Å². The molecule has 1 aliphatic carbocycles. The lowest BCUT2D eigenvalue weighted by molar-refractivity contribution is -0.118. The van der Waals surface area contributed by atoms with E-state index in [4.69, 9.17) is 14.3 Å². The van der Waals surface area contributed by atoms with Gasteiger partial charge in [0.05, 0.1) is 32.9 Å². The molecule has 0 unspecified atom stereocenters. The van der Waals surface area contributed by atoms with Crippen molar-refractivity contribution in [2.45, 2.75) is 12.5 Å². The van der Waals surface area contributed by atoms with Crippen molar-refractivity contribution >= 4 is 5.91 Å². The van der Waals surface area contributed by atoms with E-state index in [9.17, 15) is 4.79 Å². The fraction of sp³-hybridized carbons (Fsp3) is 0.278. The predicted molar refractivity (Wildman–Crippen MR) is 84.6 cm³/mol. The van der Waals surface area contributed by atoms with Crippen LogP contribution in [0.1, 0.15) is 27.5 Å². The van der Waals surface area contributed by atoms with Crippen molar-refractivity contribution in [2.24, 2.45) is 0 Å². The number of hydrogen-bond donors (Lipinski definition) is 0. The number of methoxy groups -OCH3 is 2. The number of ether oxygens (including phenoxy) is 2. The third kappa shape index (κ3) is 1.74. The molecule has 1 atom stereocenters. The van der Waals surface area contributed by atoms with Crippen molar-refractivity contribution in [1.82, 2.24) is 5.06 Å². The molecule has 4 rings (SSSR count). The molecule has 0 fully saturated rings. The van der Waals surface area contributed by atoms with Gasteiger partial charge in [-0.1, -0.05) is 24.3 Å². The number of nitrogens with zero attached hydrogens (tertiary/aromatic N) is 1. The number of amides is 1. The summed E-state index contributed by atoms with van der Waals surface area (Å²) in [6.07, 6.45) is 0.727. The minimum Gasteiger partial charge on any atom is -0.493 e. The van der Waals surface area contributed by atoms with E-state index < -0.39 is 0 Å². The summed E-state index contributed by atoms with van der Waals surface area (Å²) in [6.45, 7) is 0. The van der Waals surface area contributed by atoms with E-state index in [1.807, 2.05) is 12.1 Å². The first-order valence-corrected chi connectivity index (χ1v) is 7.46. The third-order valence-corrected chi connectivity index (χ3v) is 4.65. The van der Waals surface area contributed by atoms with Crippen molar-refractivity contribution in [2.75, 3.05) is 21.3 Å². The Kier molecular flexibility index (Phi) is 3.06. The first-order chi connectivity index (χ1) is 11.2. The van der Waals surface area contributed by atoms with Gasteiger partial charge in [0.15, 0.2) is 11.5 Å². The van der Waals surface area contributed by atoms with Crippen molar-refractivity contribution in [3.63, 3.8) is 0 Å². The lowest BCUT2D eigenvalue weighted by Gasteiger charge is -2.29. The molecule has 0 bridgehead atoms. The largest absolute Gasteiger partial charge is 0.493 e. The number of hydroxylamine groups is 2. The van der Waals surface area contributed by atoms with Crippen LogP contribution in [-0.2, 0) is 11.3 Å². The summed E-state index contributed by atoms with van der Waals surface area (Å²) >= 11 is 0. The first-order valence-electron chi connectivity index (χ1n) is 7.46. The van der Waals surface area contributed by atoms with Gasteiger partial charge in [0.25, 0.3) is 5.91 Å². The van der Waals surface area contributed by atoms with Gasteiger partial charge in [-0.25, -0.2) is 5.06 Å². The van der Waals surface area contributed by atoms with Gasteiger partial charge in [0.2, 0.25) is 0 Å². The Bertz CT molecular complexity index is 815. The second-order valence-corrected chi connectivity index (χ2v) is 5.64. The van der Waals surface area contributed by atoms with Gasteiger partial charge in [-0.3, -0.25) is 9.63 Å². The number of carbonyl (C=O) groups is 1. The molecule has 23 heavy (non-hydrogen) atoms. The molecule has 2 aliphatic rings. The normalized spacial score (nSPS) is 17.8. The molecule has 0 saturated heterocycles. The second-order valence-electron chi connectivity index (χ2n) is 5.64. The lowest BCUT2D eigenvalue weighted by Crippen LogP contribution is -2.29. The zero-order chi connectivity index (χ0) is 16.1. The molecular weight excluding hydrogens is 294 g/mol. The summed E-state index contributed by atoms with van der Waals surface area (Å²) in [7, 11) is 4.73. The Morgan fingerprint density at radius 3 is 2.57 bits per heavy atom. The molecule has 0 saturated carbocycles. The second kappa shape index (κ2) is 4.99. The minimum atomic E-state index is -0.137. The van der Waals surface area contributed by atoms with Crippen molar-refractivity contribution in [1.29, 1.82) is 0 Å². The lowest BCUT2D eigenvalue weighted by atomic mass is 9.81. The molecule has 2 aromatic rings. The average molecular weight is 311 g/mol. The van der Waals surface area contributed by atoms with Crippen LogP contribution in [0.4, 0.5) is 0 Å². The molecular formula is C18H17NO4. The molecule has 5 nitrogen and oxygen atoms in total. The van der Waals surface area contributed by atoms with Gasteiger partial charge in [0.1, 0.15) is 0 Å². The minimum absolute atomic E-state index is 0.132. The van der Waals surface area contributed by atoms with Crippen LogP contribution in [0.15, 0.2) is 30.3 Å². The van der Waals surface area contributed by atoms with Crippen LogP contribution >= 0.6 is 0 Å². The summed E-state index contributed by atoms with van der Waals surface area (Å²) in [5.41, 5.74) is 4.77. The monoisotopic (exact) mass is 311 g/mol. The van der Waals surface area contributed by atoms with Crippen LogP contribution in [0.3, 0.4) is 0 Å². The van der Waals surface area contributed by atoms with Gasteiger partial charge >= 0.3 is 0 Å². The Morgan fingerprint density at radius 1 is 1.09 bits per heavy atom. The standard InChI is InChI=1S/C18H17NO4/c1-21-14-9-12-15-13(19(23-3)18(12)20)8-10-6-4-5-7-11(10)16(15)17(14)22-2/h4-7,9,13H,8H2,1-3H3/t13-/m1/s1. The van der Waals surface area contributed by atoms with Crippen LogP contribution < -0.4 is 9.47 Å². The summed E-state index contributed by atoms with van der Waals surface area (Å²) in [5.74, 6) is 1.08. The fourth-order valence-corrected chi connectivity index (χ4v) is 3.72. The van der Waals surface area contributed by atoms with E-state index in [0.717, 1.165) is 23.1 Å². The highest BCUT2D eigenvalue weighted by Gasteiger charge is 2.44. The summed E-state index contributed by atoms with van der Waals surface area (Å²) in [4.78, 5) is 18.1. The van der Waals surface area contributed by atoms with E-state index in [1.54, 1.807) is 20.3 Å². The molecule has 1 heterocycles. The fourth-order valence-electron chi connectivity index (χ4n) is 3.72. The van der Waals surface area contributed by atoms with Crippen molar-refractivity contribution in [3.8, 4) is 22.6 Å². The molecule has 0 radical (unpaired) electrons. The number of hydrogen-bond acceptors (Lipinski definition) is 4. The molecule has 2 aromatic carbocycles. The molecule has 1 aliphatic heterocycles. The van der Waals surface area contributed by atoms with Gasteiger partial charge < -0.3 is 9.47 Å². The Hall–Kier alpha value is -2.53. The Morgan fingerprint density at radius 2 is 1.87 bits per heavy atom. The number of carbonyl (C=O) groups excluding carboxylic acids is 1. The van der Waals surface area contributed by atoms with Crippen LogP contribution in [-0.4, -0.2) is 32.3 Å². The number of fused-ring (bicyclic) bond motifs is 2. The van der Waals surface area contributed by atoms with Crippen LogP contribution in [0.2, 0.25) is 0 Å². The number of rotatable bonds is 3. The maximum atomic E-state index is 12.7. The predicted octanol–water partition coefficient (Wildman–Crippen LogP) is 2.99. The third-order valence-electron chi connectivity index (χ3n) is 4.65. The highest BCUT2D eigenvalue weighted by molar-refractivity contribution is 6.03. The van der Waals surface area contributed by atoms with Crippen molar-refractivity contribution in [3.05, 3.63) is 47.0 Å². The summed E-state index contributed by atoms with van der Waals surface area (Å²) < 4.78 is 11.1. The summed E-state index contributed by atoms with van der Waals surface area (Å²) in [5, 5.41) is 1.45. The van der Waals surface area contributed by atoms with Crippen LogP contribution in [0.5, 0.6) is 11.5 Å². The zero-order valence-corrected chi connectivity index (χ0v) is 13.3. The molecule has 0 spiro atoms. The Balaban J connectivity index is 2.10. The highest BCUT2D eigenvalue weighted by Crippen LogP contribution is 2.53. The van der Waals surface area contributed by atoms with Crippen molar-refractivity contribution < 1.29 is 19.1 Å². The molecule has 0 N–H and O–H groups in total. The van der Waals surface area contributed by atoms with E-state index in [2.05, 4.69) is 12.1 Å². The average Bonchev–Trinajstić information content (AvgIpc) is 2.86. The highest BCUT2D eigenvalue weighted by atomic mass is 16.7. The van der Waals surface area contributed by atoms with E-state index in [-0.39, 0.29) is 11.9 Å². The summed E-state index contributed by atoms with van der Waals surface area (Å²) in [6, 6.07) is 9.75. The van der Waals surface area contributed by atoms with E-state index in [0.29, 0.717) is 17.1 Å². The maximum absolute atomic E-state index is 12.7. The van der Waals surface area contributed by atoms with E-state index >= 15 is 0 Å². The van der Waals surface area contributed by atoms with Gasteiger partial charge in [-0.15, -0.1) is 0 Å². The van der Waals surface area contributed by atoms with Gasteiger partial charge in [-0.2, -0.15) is 0 Å². The van der Waals surface area contributed by atoms with E-state index in [1.165, 1.54) is 17.7 Å². The number of benzene rings is 2. The quantitative estimate of drug-likeness (QED) is 0.874. The Labute approximate surface area is 134 Å². The van der Waals surface area contributed by atoms with Crippen LogP contribution in [0.25, 0.3) is 11.1 Å². The van der Waals surface area contributed by atoms with Crippen LogP contribution in [0, 0.1) is 0 Å². The molecule has 0 aromatic heterocycles. The maximum Gasteiger partial charge on any atom is 0.278 e. The zero-order valence-electron chi connectivity index (χ0n) is 13.3. The molecule has 5 heteroatoms. The molecule has 118 valence electrons. The smallest absolute Gasteiger partial charge is 0.278 e. The van der Waals surface area contributed by atoms with Gasteiger partial charge in [-0.05, 0) is 17.2 Å². The van der Waals surface area contributed by atoms with Gasteiger partial charge in [0, 0.05) is 17.5 Å². The first kappa shape index (κ1) is 14.1. The molecule has 1 amide bonds. The SMILES string of the molecule is COc1cc2c3c(c1OC)-c1ccccc1C[C@H]3N(OC)C2=O.